The number of rotatable bonds is 2. The standard InChI is InChI=1S/C10H14Cl2O3/c11-9(12)10(14)15-8-6-4-2-1-3-5-7(8)13/h1-2,7-9,13H,3-6H2/b2-1-/t7-,8+/m0/s1. The van der Waals surface area contributed by atoms with Crippen LogP contribution in [0.25, 0.3) is 0 Å². The maximum absolute atomic E-state index is 11.1. The molecule has 15 heavy (non-hydrogen) atoms. The van der Waals surface area contributed by atoms with Crippen molar-refractivity contribution in [1.82, 2.24) is 0 Å². The van der Waals surface area contributed by atoms with Gasteiger partial charge in [0, 0.05) is 0 Å². The van der Waals surface area contributed by atoms with Gasteiger partial charge in [0.05, 0.1) is 6.10 Å². The summed E-state index contributed by atoms with van der Waals surface area (Å²) in [7, 11) is 0. The number of aliphatic hydroxyl groups is 1. The van der Waals surface area contributed by atoms with Crippen LogP contribution in [0.3, 0.4) is 0 Å². The van der Waals surface area contributed by atoms with Crippen molar-refractivity contribution in [2.24, 2.45) is 0 Å². The normalized spacial score (nSPS) is 29.3. The van der Waals surface area contributed by atoms with E-state index in [9.17, 15) is 9.90 Å². The molecular formula is C10H14Cl2O3. The number of carbonyl (C=O) groups is 1. The molecule has 1 rings (SSSR count). The Morgan fingerprint density at radius 2 is 1.93 bits per heavy atom. The molecule has 0 saturated heterocycles. The van der Waals surface area contributed by atoms with Crippen LogP contribution in [-0.4, -0.2) is 28.1 Å². The lowest BCUT2D eigenvalue weighted by molar-refractivity contribution is -0.153. The predicted octanol–water partition coefficient (Wildman–Crippen LogP) is 2.19. The van der Waals surface area contributed by atoms with E-state index in [2.05, 4.69) is 0 Å². The van der Waals surface area contributed by atoms with Crippen LogP contribution >= 0.6 is 23.2 Å². The van der Waals surface area contributed by atoms with Gasteiger partial charge < -0.3 is 9.84 Å². The number of carbonyl (C=O) groups excluding carboxylic acids is 1. The summed E-state index contributed by atoms with van der Waals surface area (Å²) in [6.45, 7) is 0. The first-order valence-electron chi connectivity index (χ1n) is 4.93. The Bertz CT molecular complexity index is 241. The maximum atomic E-state index is 11.1. The molecule has 0 heterocycles. The van der Waals surface area contributed by atoms with Crippen molar-refractivity contribution >= 4 is 29.2 Å². The second kappa shape index (κ2) is 6.36. The molecule has 0 unspecified atom stereocenters. The van der Waals surface area contributed by atoms with Gasteiger partial charge in [-0.1, -0.05) is 35.4 Å². The van der Waals surface area contributed by atoms with Crippen LogP contribution in [0.4, 0.5) is 0 Å². The first kappa shape index (κ1) is 12.8. The molecule has 0 fully saturated rings. The van der Waals surface area contributed by atoms with Crippen molar-refractivity contribution in [3.8, 4) is 0 Å². The third kappa shape index (κ3) is 4.41. The van der Waals surface area contributed by atoms with Crippen molar-refractivity contribution in [2.45, 2.75) is 42.7 Å². The van der Waals surface area contributed by atoms with Crippen molar-refractivity contribution < 1.29 is 14.6 Å². The fraction of sp³-hybridized carbons (Fsp3) is 0.700. The van der Waals surface area contributed by atoms with Gasteiger partial charge in [0.2, 0.25) is 4.84 Å². The summed E-state index contributed by atoms with van der Waals surface area (Å²) in [6, 6.07) is 0. The summed E-state index contributed by atoms with van der Waals surface area (Å²) in [5.74, 6) is -0.688. The molecule has 0 saturated carbocycles. The monoisotopic (exact) mass is 252 g/mol. The molecule has 0 bridgehead atoms. The van der Waals surface area contributed by atoms with Crippen molar-refractivity contribution in [3.05, 3.63) is 12.2 Å². The number of halogens is 2. The van der Waals surface area contributed by atoms with E-state index in [1.54, 1.807) is 0 Å². The number of aliphatic hydroxyl groups excluding tert-OH is 1. The molecule has 1 aliphatic carbocycles. The van der Waals surface area contributed by atoms with Gasteiger partial charge in [-0.25, -0.2) is 4.79 Å². The highest BCUT2D eigenvalue weighted by molar-refractivity contribution is 6.52. The van der Waals surface area contributed by atoms with Gasteiger partial charge in [-0.15, -0.1) is 0 Å². The largest absolute Gasteiger partial charge is 0.458 e. The first-order chi connectivity index (χ1) is 7.11. The fourth-order valence-electron chi connectivity index (χ4n) is 1.48. The Hall–Kier alpha value is -0.250. The minimum atomic E-state index is -1.18. The zero-order valence-electron chi connectivity index (χ0n) is 8.23. The van der Waals surface area contributed by atoms with Gasteiger partial charge >= 0.3 is 5.97 Å². The van der Waals surface area contributed by atoms with Crippen LogP contribution in [0.5, 0.6) is 0 Å². The zero-order chi connectivity index (χ0) is 11.3. The SMILES string of the molecule is O=C(O[C@@H]1CC/C=C\CC[C@@H]1O)C(Cl)Cl. The molecule has 0 aromatic carbocycles. The van der Waals surface area contributed by atoms with E-state index in [4.69, 9.17) is 27.9 Å². The van der Waals surface area contributed by atoms with Crippen LogP contribution in [-0.2, 0) is 9.53 Å². The van der Waals surface area contributed by atoms with Gasteiger partial charge in [0.15, 0.2) is 0 Å². The second-order valence-electron chi connectivity index (χ2n) is 3.47. The summed E-state index contributed by atoms with van der Waals surface area (Å²) in [5, 5.41) is 9.71. The molecule has 0 aromatic rings. The van der Waals surface area contributed by atoms with Gasteiger partial charge in [-0.3, -0.25) is 0 Å². The number of esters is 1. The molecule has 3 nitrogen and oxygen atoms in total. The number of allylic oxidation sites excluding steroid dienone is 2. The Morgan fingerprint density at radius 3 is 2.53 bits per heavy atom. The predicted molar refractivity (Wildman–Crippen MR) is 59.0 cm³/mol. The summed E-state index contributed by atoms with van der Waals surface area (Å²) >= 11 is 10.7. The van der Waals surface area contributed by atoms with Crippen LogP contribution in [0, 0.1) is 0 Å². The first-order valence-corrected chi connectivity index (χ1v) is 5.80. The molecule has 0 aromatic heterocycles. The van der Waals surface area contributed by atoms with Gasteiger partial charge in [0.1, 0.15) is 6.10 Å². The highest BCUT2D eigenvalue weighted by atomic mass is 35.5. The van der Waals surface area contributed by atoms with Gasteiger partial charge in [-0.2, -0.15) is 0 Å². The van der Waals surface area contributed by atoms with E-state index in [0.717, 1.165) is 12.8 Å². The minimum absolute atomic E-state index is 0.498. The van der Waals surface area contributed by atoms with E-state index in [-0.39, 0.29) is 0 Å². The number of alkyl halides is 2. The molecule has 0 amide bonds. The summed E-state index contributed by atoms with van der Waals surface area (Å²) in [4.78, 5) is 9.96. The highest BCUT2D eigenvalue weighted by Gasteiger charge is 2.25. The Balaban J connectivity index is 2.50. The third-order valence-corrected chi connectivity index (χ3v) is 2.64. The average Bonchev–Trinajstić information content (AvgIpc) is 2.17. The summed E-state index contributed by atoms with van der Waals surface area (Å²) < 4.78 is 5.01. The van der Waals surface area contributed by atoms with Crippen molar-refractivity contribution in [2.75, 3.05) is 0 Å². The molecule has 0 spiro atoms. The fourth-order valence-corrected chi connectivity index (χ4v) is 1.58. The molecule has 5 heteroatoms. The maximum Gasteiger partial charge on any atom is 0.339 e. The quantitative estimate of drug-likeness (QED) is 0.466. The van der Waals surface area contributed by atoms with Gasteiger partial charge in [-0.05, 0) is 25.7 Å². The van der Waals surface area contributed by atoms with Crippen LogP contribution < -0.4 is 0 Å². The van der Waals surface area contributed by atoms with Crippen LogP contribution in [0.1, 0.15) is 25.7 Å². The van der Waals surface area contributed by atoms with E-state index >= 15 is 0 Å². The lowest BCUT2D eigenvalue weighted by Gasteiger charge is -2.23. The molecule has 1 aliphatic rings. The summed E-state index contributed by atoms with van der Waals surface area (Å²) in [5.41, 5.74) is 0. The molecule has 2 atom stereocenters. The molecule has 1 N–H and O–H groups in total. The molecular weight excluding hydrogens is 239 g/mol. The van der Waals surface area contributed by atoms with E-state index in [1.165, 1.54) is 0 Å². The topological polar surface area (TPSA) is 46.5 Å². The molecule has 0 radical (unpaired) electrons. The minimum Gasteiger partial charge on any atom is -0.458 e. The Morgan fingerprint density at radius 1 is 1.33 bits per heavy atom. The zero-order valence-corrected chi connectivity index (χ0v) is 9.75. The van der Waals surface area contributed by atoms with Gasteiger partial charge in [0.25, 0.3) is 0 Å². The molecule has 0 aliphatic heterocycles. The number of ether oxygens (including phenoxy) is 1. The lowest BCUT2D eigenvalue weighted by Crippen LogP contribution is -2.33. The smallest absolute Gasteiger partial charge is 0.339 e. The van der Waals surface area contributed by atoms with E-state index in [0.29, 0.717) is 12.8 Å². The number of hydrogen-bond acceptors (Lipinski definition) is 3. The number of hydrogen-bond donors (Lipinski definition) is 1. The van der Waals surface area contributed by atoms with Crippen LogP contribution in [0.2, 0.25) is 0 Å². The lowest BCUT2D eigenvalue weighted by atomic mass is 10.0. The highest BCUT2D eigenvalue weighted by Crippen LogP contribution is 2.18. The Labute approximate surface area is 99.0 Å². The van der Waals surface area contributed by atoms with Crippen LogP contribution in [0.15, 0.2) is 12.2 Å². The third-order valence-electron chi connectivity index (χ3n) is 2.29. The van der Waals surface area contributed by atoms with E-state index < -0.39 is 23.0 Å². The molecule has 86 valence electrons. The average molecular weight is 253 g/mol. The van der Waals surface area contributed by atoms with Crippen molar-refractivity contribution in [1.29, 1.82) is 0 Å². The van der Waals surface area contributed by atoms with Crippen molar-refractivity contribution in [3.63, 3.8) is 0 Å². The second-order valence-corrected chi connectivity index (χ2v) is 4.57. The summed E-state index contributed by atoms with van der Waals surface area (Å²) in [6.07, 6.45) is 5.67. The van der Waals surface area contributed by atoms with E-state index in [1.807, 2.05) is 12.2 Å². The Kier molecular flexibility index (Phi) is 5.43.